The van der Waals surface area contributed by atoms with Gasteiger partial charge in [0, 0.05) is 29.9 Å². The summed E-state index contributed by atoms with van der Waals surface area (Å²) in [7, 11) is -4.01. The molecule has 4 N–H and O–H groups in total. The van der Waals surface area contributed by atoms with Gasteiger partial charge in [0.15, 0.2) is 5.82 Å². The van der Waals surface area contributed by atoms with Crippen molar-refractivity contribution in [3.63, 3.8) is 0 Å². The molecule has 0 spiro atoms. The predicted molar refractivity (Wildman–Crippen MR) is 73.3 cm³/mol. The molecule has 2 aromatic rings. The van der Waals surface area contributed by atoms with Gasteiger partial charge in [-0.15, -0.1) is 0 Å². The molecule has 0 unspecified atom stereocenters. The molecule has 0 radical (unpaired) electrons. The van der Waals surface area contributed by atoms with Crippen LogP contribution in [0, 0.1) is 5.82 Å². The van der Waals surface area contributed by atoms with Crippen molar-refractivity contribution in [2.24, 2.45) is 0 Å². The van der Waals surface area contributed by atoms with Crippen LogP contribution in [0.25, 0.3) is 0 Å². The Balaban J connectivity index is 2.14. The van der Waals surface area contributed by atoms with Crippen LogP contribution in [0.2, 0.25) is 5.02 Å². The number of nitrogens with two attached hydrogens (primary N) is 1. The summed E-state index contributed by atoms with van der Waals surface area (Å²) in [6.07, 6.45) is 3.46. The summed E-state index contributed by atoms with van der Waals surface area (Å²) in [5.74, 6) is -1.01. The molecular weight excluding hydrogens is 307 g/mol. The van der Waals surface area contributed by atoms with E-state index in [-0.39, 0.29) is 17.3 Å². The number of anilines is 1. The predicted octanol–water partition coefficient (Wildman–Crippen LogP) is 1.31. The zero-order chi connectivity index (χ0) is 14.8. The molecular formula is C11H12ClFN4O2S. The molecule has 0 aliphatic rings. The van der Waals surface area contributed by atoms with Crippen molar-refractivity contribution in [1.29, 1.82) is 0 Å². The second kappa shape index (κ2) is 5.78. The van der Waals surface area contributed by atoms with E-state index >= 15 is 0 Å². The van der Waals surface area contributed by atoms with Gasteiger partial charge < -0.3 is 10.7 Å². The smallest absolute Gasteiger partial charge is 0.243 e. The molecule has 0 amide bonds. The van der Waals surface area contributed by atoms with Crippen molar-refractivity contribution in [2.45, 2.75) is 11.3 Å². The van der Waals surface area contributed by atoms with Crippen molar-refractivity contribution >= 4 is 27.3 Å². The molecule has 20 heavy (non-hydrogen) atoms. The third kappa shape index (κ3) is 3.27. The first-order chi connectivity index (χ1) is 9.40. The van der Waals surface area contributed by atoms with Gasteiger partial charge in [-0.3, -0.25) is 0 Å². The van der Waals surface area contributed by atoms with Gasteiger partial charge >= 0.3 is 0 Å². The minimum absolute atomic E-state index is 0.0536. The van der Waals surface area contributed by atoms with Crippen LogP contribution in [-0.4, -0.2) is 24.9 Å². The molecule has 6 nitrogen and oxygen atoms in total. The molecule has 0 aliphatic heterocycles. The van der Waals surface area contributed by atoms with Crippen molar-refractivity contribution in [1.82, 2.24) is 14.7 Å². The number of aromatic nitrogens is 2. The Labute approximate surface area is 120 Å². The molecule has 108 valence electrons. The van der Waals surface area contributed by atoms with Crippen molar-refractivity contribution in [3.05, 3.63) is 41.2 Å². The molecule has 0 saturated heterocycles. The summed E-state index contributed by atoms with van der Waals surface area (Å²) >= 11 is 5.69. The Bertz CT molecular complexity index is 703. The summed E-state index contributed by atoms with van der Waals surface area (Å²) in [6, 6.07) is 2.17. The molecule has 0 bridgehead atoms. The van der Waals surface area contributed by atoms with Gasteiger partial charge in [-0.1, -0.05) is 11.6 Å². The minimum Gasteiger partial charge on any atom is -0.396 e. The van der Waals surface area contributed by atoms with Gasteiger partial charge in [-0.05, 0) is 12.1 Å². The van der Waals surface area contributed by atoms with E-state index in [1.54, 1.807) is 6.20 Å². The topological polar surface area (TPSA) is 101 Å². The van der Waals surface area contributed by atoms with Gasteiger partial charge in [0.25, 0.3) is 0 Å². The third-order valence-electron chi connectivity index (χ3n) is 2.56. The highest BCUT2D eigenvalue weighted by Gasteiger charge is 2.21. The normalized spacial score (nSPS) is 11.7. The number of hydrogen-bond donors (Lipinski definition) is 3. The molecule has 0 saturated carbocycles. The highest BCUT2D eigenvalue weighted by molar-refractivity contribution is 7.89. The van der Waals surface area contributed by atoms with Crippen LogP contribution in [0.4, 0.5) is 10.1 Å². The molecule has 9 heteroatoms. The lowest BCUT2D eigenvalue weighted by Gasteiger charge is -2.09. The fraction of sp³-hybridized carbons (Fsp3) is 0.182. The number of imidazole rings is 1. The van der Waals surface area contributed by atoms with E-state index in [0.29, 0.717) is 6.42 Å². The van der Waals surface area contributed by atoms with Gasteiger partial charge in [-0.2, -0.15) is 0 Å². The summed E-state index contributed by atoms with van der Waals surface area (Å²) in [6.45, 7) is 0.0936. The molecule has 0 fully saturated rings. The highest BCUT2D eigenvalue weighted by atomic mass is 35.5. The zero-order valence-electron chi connectivity index (χ0n) is 10.2. The second-order valence-electron chi connectivity index (χ2n) is 4.03. The Hall–Kier alpha value is -1.64. The lowest BCUT2D eigenvalue weighted by molar-refractivity contribution is 0.559. The van der Waals surface area contributed by atoms with Crippen LogP contribution in [0.1, 0.15) is 5.69 Å². The minimum atomic E-state index is -4.01. The Morgan fingerprint density at radius 2 is 2.20 bits per heavy atom. The lowest BCUT2D eigenvalue weighted by Crippen LogP contribution is -2.27. The number of nitrogens with one attached hydrogen (secondary N) is 2. The van der Waals surface area contributed by atoms with E-state index in [9.17, 15) is 12.8 Å². The van der Waals surface area contributed by atoms with Crippen LogP contribution in [-0.2, 0) is 16.4 Å². The number of sulfonamides is 1. The fourth-order valence-electron chi connectivity index (χ4n) is 1.60. The first kappa shape index (κ1) is 14.8. The maximum atomic E-state index is 13.8. The standard InChI is InChI=1S/C11H12ClFN4O2S/c12-7-3-9(14)11(13)10(4-7)20(18,19)17-2-1-8-5-15-6-16-8/h3-6,17H,1-2,14H2,(H,15,16). The van der Waals surface area contributed by atoms with Gasteiger partial charge in [0.1, 0.15) is 4.90 Å². The van der Waals surface area contributed by atoms with Crippen LogP contribution in [0.3, 0.4) is 0 Å². The van der Waals surface area contributed by atoms with E-state index in [2.05, 4.69) is 14.7 Å². The van der Waals surface area contributed by atoms with Crippen molar-refractivity contribution in [2.75, 3.05) is 12.3 Å². The van der Waals surface area contributed by atoms with Gasteiger partial charge in [0.05, 0.1) is 12.0 Å². The summed E-state index contributed by atoms with van der Waals surface area (Å²) in [4.78, 5) is 6.07. The maximum Gasteiger partial charge on any atom is 0.243 e. The van der Waals surface area contributed by atoms with Crippen molar-refractivity contribution < 1.29 is 12.8 Å². The monoisotopic (exact) mass is 318 g/mol. The molecule has 2 rings (SSSR count). The summed E-state index contributed by atoms with van der Waals surface area (Å²) < 4.78 is 40.0. The molecule has 0 atom stereocenters. The van der Waals surface area contributed by atoms with E-state index in [0.717, 1.165) is 17.8 Å². The number of rotatable bonds is 5. The molecule has 1 aromatic carbocycles. The van der Waals surface area contributed by atoms with Gasteiger partial charge in [-0.25, -0.2) is 22.5 Å². The number of benzene rings is 1. The van der Waals surface area contributed by atoms with Crippen LogP contribution < -0.4 is 10.5 Å². The van der Waals surface area contributed by atoms with Gasteiger partial charge in [0.2, 0.25) is 10.0 Å². The third-order valence-corrected chi connectivity index (χ3v) is 4.24. The first-order valence-corrected chi connectivity index (χ1v) is 7.47. The Morgan fingerprint density at radius 1 is 1.45 bits per heavy atom. The molecule has 1 heterocycles. The van der Waals surface area contributed by atoms with E-state index in [1.807, 2.05) is 0 Å². The largest absolute Gasteiger partial charge is 0.396 e. The average molecular weight is 319 g/mol. The quantitative estimate of drug-likeness (QED) is 0.723. The van der Waals surface area contributed by atoms with E-state index in [4.69, 9.17) is 17.3 Å². The molecule has 1 aromatic heterocycles. The second-order valence-corrected chi connectivity index (χ2v) is 6.20. The number of nitrogens with zero attached hydrogens (tertiary/aromatic N) is 1. The van der Waals surface area contributed by atoms with Crippen LogP contribution in [0.5, 0.6) is 0 Å². The van der Waals surface area contributed by atoms with Crippen LogP contribution >= 0.6 is 11.6 Å². The number of hydrogen-bond acceptors (Lipinski definition) is 4. The average Bonchev–Trinajstić information content (AvgIpc) is 2.86. The van der Waals surface area contributed by atoms with Crippen molar-refractivity contribution in [3.8, 4) is 0 Å². The fourth-order valence-corrected chi connectivity index (χ4v) is 3.05. The Kier molecular flexibility index (Phi) is 4.26. The number of nitrogen functional groups attached to an aromatic ring is 1. The number of halogens is 2. The maximum absolute atomic E-state index is 13.8. The first-order valence-electron chi connectivity index (χ1n) is 5.61. The van der Waals surface area contributed by atoms with E-state index in [1.165, 1.54) is 6.33 Å². The lowest BCUT2D eigenvalue weighted by atomic mass is 10.3. The summed E-state index contributed by atoms with van der Waals surface area (Å²) in [5, 5.41) is 0.0536. The number of H-pyrrole nitrogens is 1. The number of aromatic amines is 1. The van der Waals surface area contributed by atoms with Crippen LogP contribution in [0.15, 0.2) is 29.6 Å². The zero-order valence-corrected chi connectivity index (χ0v) is 11.8. The van der Waals surface area contributed by atoms with E-state index < -0.39 is 20.7 Å². The molecule has 0 aliphatic carbocycles. The Morgan fingerprint density at radius 3 is 2.85 bits per heavy atom. The SMILES string of the molecule is Nc1cc(Cl)cc(S(=O)(=O)NCCc2cnc[nH]2)c1F. The summed E-state index contributed by atoms with van der Waals surface area (Å²) in [5.41, 5.74) is 5.81. The highest BCUT2D eigenvalue weighted by Crippen LogP contribution is 2.24.